The van der Waals surface area contributed by atoms with E-state index in [0.717, 1.165) is 12.6 Å². The number of unbranched alkanes of at least 4 members (excludes halogenated alkanes) is 1. The zero-order valence-corrected chi connectivity index (χ0v) is 11.9. The van der Waals surface area contributed by atoms with Crippen LogP contribution in [-0.4, -0.2) is 24.0 Å². The van der Waals surface area contributed by atoms with Gasteiger partial charge in [-0.25, -0.2) is 0 Å². The first-order valence-electron chi connectivity index (χ1n) is 6.84. The maximum atomic E-state index is 5.44. The van der Waals surface area contributed by atoms with Crippen LogP contribution in [0.3, 0.4) is 0 Å². The number of nitrogens with zero attached hydrogens (tertiary/aromatic N) is 1. The Balaban J connectivity index is 1.99. The zero-order chi connectivity index (χ0) is 12.8. The van der Waals surface area contributed by atoms with Gasteiger partial charge in [0.25, 0.3) is 0 Å². The highest BCUT2D eigenvalue weighted by molar-refractivity contribution is 7.10. The van der Waals surface area contributed by atoms with Crippen molar-refractivity contribution in [1.29, 1.82) is 0 Å². The van der Waals surface area contributed by atoms with Gasteiger partial charge in [0, 0.05) is 23.0 Å². The number of thiophene rings is 1. The van der Waals surface area contributed by atoms with E-state index in [-0.39, 0.29) is 0 Å². The minimum absolute atomic E-state index is 0.442. The molecule has 0 spiro atoms. The second-order valence-electron chi connectivity index (χ2n) is 4.82. The summed E-state index contributed by atoms with van der Waals surface area (Å²) >= 11 is 1.82. The van der Waals surface area contributed by atoms with Crippen LogP contribution in [0.25, 0.3) is 0 Å². The molecule has 0 unspecified atom stereocenters. The summed E-state index contributed by atoms with van der Waals surface area (Å²) < 4.78 is 0. The summed E-state index contributed by atoms with van der Waals surface area (Å²) in [6.07, 6.45) is 5.32. The molecule has 3 heteroatoms. The van der Waals surface area contributed by atoms with Gasteiger partial charge in [-0.15, -0.1) is 11.3 Å². The number of hydrogen-bond donors (Lipinski definition) is 1. The van der Waals surface area contributed by atoms with Crippen LogP contribution in [0.4, 0.5) is 0 Å². The Morgan fingerprint density at radius 3 is 3.00 bits per heavy atom. The smallest absolute Gasteiger partial charge is 0.0555 e. The monoisotopic (exact) mass is 262 g/mol. The van der Waals surface area contributed by atoms with E-state index in [0.29, 0.717) is 6.54 Å². The average Bonchev–Trinajstić information content (AvgIpc) is 3.13. The van der Waals surface area contributed by atoms with Crippen molar-refractivity contribution in [3.05, 3.63) is 21.9 Å². The van der Waals surface area contributed by atoms with E-state index >= 15 is 0 Å². The summed E-state index contributed by atoms with van der Waals surface area (Å²) in [6.45, 7) is 4.99. The van der Waals surface area contributed by atoms with Crippen LogP contribution >= 0.6 is 11.3 Å². The van der Waals surface area contributed by atoms with Crippen LogP contribution in [0, 0.1) is 11.8 Å². The van der Waals surface area contributed by atoms with E-state index in [9.17, 15) is 0 Å². The topological polar surface area (TPSA) is 29.3 Å². The van der Waals surface area contributed by atoms with Gasteiger partial charge in [0.05, 0.1) is 6.54 Å². The van der Waals surface area contributed by atoms with Gasteiger partial charge in [-0.05, 0) is 37.3 Å². The highest BCUT2D eigenvalue weighted by atomic mass is 32.1. The van der Waals surface area contributed by atoms with Crippen LogP contribution in [-0.2, 0) is 6.54 Å². The predicted molar refractivity (Wildman–Crippen MR) is 78.6 cm³/mol. The van der Waals surface area contributed by atoms with Gasteiger partial charge in [0.1, 0.15) is 0 Å². The lowest BCUT2D eigenvalue weighted by Crippen LogP contribution is -2.26. The van der Waals surface area contributed by atoms with Gasteiger partial charge in [0.15, 0.2) is 0 Å². The van der Waals surface area contributed by atoms with Gasteiger partial charge in [-0.2, -0.15) is 0 Å². The van der Waals surface area contributed by atoms with Crippen molar-refractivity contribution < 1.29 is 0 Å². The molecule has 2 nitrogen and oxygen atoms in total. The van der Waals surface area contributed by atoms with Crippen molar-refractivity contribution >= 4 is 11.3 Å². The van der Waals surface area contributed by atoms with Crippen molar-refractivity contribution in [1.82, 2.24) is 4.90 Å². The lowest BCUT2D eigenvalue weighted by molar-refractivity contribution is 0.253. The second-order valence-corrected chi connectivity index (χ2v) is 5.82. The molecule has 0 radical (unpaired) electrons. The highest BCUT2D eigenvalue weighted by Crippen LogP contribution is 2.30. The van der Waals surface area contributed by atoms with Crippen molar-refractivity contribution in [2.24, 2.45) is 5.73 Å². The molecule has 1 saturated carbocycles. The molecule has 0 bridgehead atoms. The molecule has 18 heavy (non-hydrogen) atoms. The van der Waals surface area contributed by atoms with Gasteiger partial charge >= 0.3 is 0 Å². The normalized spacial score (nSPS) is 14.6. The molecule has 0 atom stereocenters. The number of nitrogens with two attached hydrogens (primary N) is 1. The van der Waals surface area contributed by atoms with Crippen molar-refractivity contribution in [2.45, 2.75) is 45.2 Å². The fourth-order valence-electron chi connectivity index (χ4n) is 2.10. The Bertz CT molecular complexity index is 423. The van der Waals surface area contributed by atoms with Crippen LogP contribution in [0.5, 0.6) is 0 Å². The third-order valence-electron chi connectivity index (χ3n) is 3.28. The molecule has 1 aromatic heterocycles. The molecule has 0 amide bonds. The molecule has 98 valence electrons. The van der Waals surface area contributed by atoms with Crippen LogP contribution in [0.15, 0.2) is 11.4 Å². The van der Waals surface area contributed by atoms with Crippen LogP contribution in [0.2, 0.25) is 0 Å². The number of rotatable bonds is 6. The lowest BCUT2D eigenvalue weighted by atomic mass is 10.2. The zero-order valence-electron chi connectivity index (χ0n) is 11.1. The minimum atomic E-state index is 0.442. The summed E-state index contributed by atoms with van der Waals surface area (Å²) in [6, 6.07) is 2.95. The summed E-state index contributed by atoms with van der Waals surface area (Å²) in [5.41, 5.74) is 6.61. The molecule has 2 N–H and O–H groups in total. The molecule has 0 aliphatic heterocycles. The van der Waals surface area contributed by atoms with Gasteiger partial charge in [0.2, 0.25) is 0 Å². The standard InChI is InChI=1S/C15H22N2S/c1-2-3-10-17(14-6-7-14)12-15-13(5-4-9-16)8-11-18-15/h8,11,14H,2-3,6-7,9-10,12,16H2,1H3. The molecule has 0 saturated heterocycles. The first-order chi connectivity index (χ1) is 8.85. The average molecular weight is 262 g/mol. The molecule has 1 aromatic rings. The van der Waals surface area contributed by atoms with Crippen molar-refractivity contribution in [3.8, 4) is 11.8 Å². The molecule has 1 heterocycles. The Hall–Kier alpha value is -0.820. The summed E-state index contributed by atoms with van der Waals surface area (Å²) in [7, 11) is 0. The Morgan fingerprint density at radius 1 is 1.50 bits per heavy atom. The fourth-order valence-corrected chi connectivity index (χ4v) is 2.95. The quantitative estimate of drug-likeness (QED) is 0.799. The molecular weight excluding hydrogens is 240 g/mol. The largest absolute Gasteiger partial charge is 0.320 e. The fraction of sp³-hybridized carbons (Fsp3) is 0.600. The lowest BCUT2D eigenvalue weighted by Gasteiger charge is -2.21. The molecule has 2 rings (SSSR count). The maximum Gasteiger partial charge on any atom is 0.0555 e. The van der Waals surface area contributed by atoms with E-state index in [1.165, 1.54) is 42.7 Å². The van der Waals surface area contributed by atoms with Crippen LogP contribution in [0.1, 0.15) is 43.0 Å². The Morgan fingerprint density at radius 2 is 2.33 bits per heavy atom. The number of hydrogen-bond acceptors (Lipinski definition) is 3. The summed E-state index contributed by atoms with van der Waals surface area (Å²) in [5.74, 6) is 6.14. The van der Waals surface area contributed by atoms with Crippen molar-refractivity contribution in [2.75, 3.05) is 13.1 Å². The van der Waals surface area contributed by atoms with E-state index in [1.807, 2.05) is 11.3 Å². The van der Waals surface area contributed by atoms with Crippen LogP contribution < -0.4 is 5.73 Å². The molecular formula is C15H22N2S. The van der Waals surface area contributed by atoms with E-state index in [2.05, 4.69) is 35.1 Å². The first kappa shape index (κ1) is 13.6. The SMILES string of the molecule is CCCCN(Cc1sccc1C#CCN)C1CC1. The van der Waals surface area contributed by atoms with E-state index < -0.39 is 0 Å². The third kappa shape index (κ3) is 3.84. The molecule has 0 aromatic carbocycles. The first-order valence-corrected chi connectivity index (χ1v) is 7.72. The van der Waals surface area contributed by atoms with Gasteiger partial charge < -0.3 is 5.73 Å². The Kier molecular flexibility index (Phi) is 5.25. The second kappa shape index (κ2) is 6.94. The minimum Gasteiger partial charge on any atom is -0.320 e. The van der Waals surface area contributed by atoms with Crippen molar-refractivity contribution in [3.63, 3.8) is 0 Å². The maximum absolute atomic E-state index is 5.44. The van der Waals surface area contributed by atoms with Gasteiger partial charge in [-0.1, -0.05) is 25.2 Å². The van der Waals surface area contributed by atoms with E-state index in [1.54, 1.807) is 0 Å². The summed E-state index contributed by atoms with van der Waals surface area (Å²) in [4.78, 5) is 4.03. The van der Waals surface area contributed by atoms with E-state index in [4.69, 9.17) is 5.73 Å². The molecule has 1 aliphatic carbocycles. The summed E-state index contributed by atoms with van der Waals surface area (Å²) in [5, 5.41) is 2.14. The molecule has 1 aliphatic rings. The van der Waals surface area contributed by atoms with Gasteiger partial charge in [-0.3, -0.25) is 4.90 Å². The Labute approximate surface area is 114 Å². The third-order valence-corrected chi connectivity index (χ3v) is 4.19. The highest BCUT2D eigenvalue weighted by Gasteiger charge is 2.28. The predicted octanol–water partition coefficient (Wildman–Crippen LogP) is 2.82. The molecule has 1 fully saturated rings.